The van der Waals surface area contributed by atoms with E-state index < -0.39 is 11.9 Å². The normalized spacial score (nSPS) is 9.85. The van der Waals surface area contributed by atoms with Crippen LogP contribution in [0.15, 0.2) is 42.6 Å². The molecule has 2 aromatic rings. The highest BCUT2D eigenvalue weighted by Crippen LogP contribution is 2.17. The predicted molar refractivity (Wildman–Crippen MR) is 73.8 cm³/mol. The summed E-state index contributed by atoms with van der Waals surface area (Å²) >= 11 is 0. The van der Waals surface area contributed by atoms with Gasteiger partial charge in [-0.15, -0.1) is 0 Å². The van der Waals surface area contributed by atoms with Crippen LogP contribution in [0.3, 0.4) is 0 Å². The molecule has 0 atom stereocenters. The third-order valence-corrected chi connectivity index (χ3v) is 2.60. The molecule has 0 saturated heterocycles. The molecule has 0 saturated carbocycles. The van der Waals surface area contributed by atoms with Crippen LogP contribution in [0.2, 0.25) is 0 Å². The van der Waals surface area contributed by atoms with E-state index in [9.17, 15) is 9.59 Å². The first-order valence-electron chi connectivity index (χ1n) is 5.81. The maximum Gasteiger partial charge on any atom is 0.338 e. The number of nitrogens with one attached hydrogen (secondary N) is 1. The van der Waals surface area contributed by atoms with Gasteiger partial charge < -0.3 is 15.8 Å². The van der Waals surface area contributed by atoms with E-state index in [1.165, 1.54) is 13.3 Å². The van der Waals surface area contributed by atoms with E-state index in [0.717, 1.165) is 0 Å². The monoisotopic (exact) mass is 271 g/mol. The molecule has 102 valence electrons. The van der Waals surface area contributed by atoms with E-state index in [1.54, 1.807) is 36.4 Å². The number of amides is 1. The van der Waals surface area contributed by atoms with Crippen molar-refractivity contribution in [2.45, 2.75) is 0 Å². The number of ether oxygens (including phenoxy) is 1. The van der Waals surface area contributed by atoms with Gasteiger partial charge in [0, 0.05) is 17.4 Å². The molecule has 6 heteroatoms. The molecule has 20 heavy (non-hydrogen) atoms. The number of benzene rings is 1. The number of aromatic nitrogens is 1. The lowest BCUT2D eigenvalue weighted by Crippen LogP contribution is -2.11. The summed E-state index contributed by atoms with van der Waals surface area (Å²) in [5.74, 6) is -0.485. The molecule has 0 spiro atoms. The van der Waals surface area contributed by atoms with Crippen LogP contribution in [-0.2, 0) is 4.74 Å². The fourth-order valence-electron chi connectivity index (χ4n) is 1.64. The van der Waals surface area contributed by atoms with Crippen LogP contribution in [0.4, 0.5) is 11.5 Å². The summed E-state index contributed by atoms with van der Waals surface area (Å²) in [7, 11) is 1.31. The van der Waals surface area contributed by atoms with E-state index in [4.69, 9.17) is 5.73 Å². The highest BCUT2D eigenvalue weighted by Gasteiger charge is 2.07. The molecule has 3 N–H and O–H groups in total. The number of nitrogens with zero attached hydrogens (tertiary/aromatic N) is 1. The molecule has 2 rings (SSSR count). The SMILES string of the molecule is COC(=O)c1ccnc(Nc2cccc(C(N)=O)c2)c1. The molecule has 0 unspecified atom stereocenters. The van der Waals surface area contributed by atoms with Gasteiger partial charge >= 0.3 is 5.97 Å². The Labute approximate surface area is 115 Å². The average molecular weight is 271 g/mol. The van der Waals surface area contributed by atoms with Gasteiger partial charge in [0.25, 0.3) is 0 Å². The van der Waals surface area contributed by atoms with Crippen LogP contribution < -0.4 is 11.1 Å². The Morgan fingerprint density at radius 1 is 1.20 bits per heavy atom. The van der Waals surface area contributed by atoms with Crippen LogP contribution in [0.1, 0.15) is 20.7 Å². The number of carbonyl (C=O) groups excluding carboxylic acids is 2. The molecule has 6 nitrogen and oxygen atoms in total. The minimum Gasteiger partial charge on any atom is -0.465 e. The zero-order valence-electron chi connectivity index (χ0n) is 10.8. The molecule has 1 amide bonds. The average Bonchev–Trinajstić information content (AvgIpc) is 2.47. The Morgan fingerprint density at radius 3 is 2.70 bits per heavy atom. The van der Waals surface area contributed by atoms with Crippen molar-refractivity contribution in [3.8, 4) is 0 Å². The van der Waals surface area contributed by atoms with Crippen LogP contribution in [0, 0.1) is 0 Å². The van der Waals surface area contributed by atoms with Gasteiger partial charge in [0.05, 0.1) is 12.7 Å². The first kappa shape index (κ1) is 13.5. The Balaban J connectivity index is 2.24. The second-order valence-electron chi connectivity index (χ2n) is 3.99. The van der Waals surface area contributed by atoms with Gasteiger partial charge in [-0.2, -0.15) is 0 Å². The van der Waals surface area contributed by atoms with Crippen LogP contribution in [0.25, 0.3) is 0 Å². The van der Waals surface area contributed by atoms with Gasteiger partial charge in [0.15, 0.2) is 0 Å². The predicted octanol–water partition coefficient (Wildman–Crippen LogP) is 1.71. The van der Waals surface area contributed by atoms with Crippen molar-refractivity contribution in [2.75, 3.05) is 12.4 Å². The number of pyridine rings is 1. The number of rotatable bonds is 4. The second-order valence-corrected chi connectivity index (χ2v) is 3.99. The number of anilines is 2. The molecule has 0 aliphatic rings. The fraction of sp³-hybridized carbons (Fsp3) is 0.0714. The summed E-state index contributed by atoms with van der Waals surface area (Å²) in [6.45, 7) is 0. The highest BCUT2D eigenvalue weighted by atomic mass is 16.5. The summed E-state index contributed by atoms with van der Waals surface area (Å²) in [5, 5.41) is 2.99. The van der Waals surface area contributed by atoms with E-state index >= 15 is 0 Å². The number of primary amides is 1. The van der Waals surface area contributed by atoms with Crippen molar-refractivity contribution >= 4 is 23.4 Å². The molecule has 0 aliphatic carbocycles. The third-order valence-electron chi connectivity index (χ3n) is 2.60. The van der Waals surface area contributed by atoms with Gasteiger partial charge in [-0.1, -0.05) is 6.07 Å². The van der Waals surface area contributed by atoms with Gasteiger partial charge in [-0.05, 0) is 30.3 Å². The van der Waals surface area contributed by atoms with Crippen LogP contribution in [0.5, 0.6) is 0 Å². The van der Waals surface area contributed by atoms with E-state index in [0.29, 0.717) is 22.6 Å². The van der Waals surface area contributed by atoms with Crippen molar-refractivity contribution in [2.24, 2.45) is 5.73 Å². The third kappa shape index (κ3) is 3.11. The maximum absolute atomic E-state index is 11.4. The Kier molecular flexibility index (Phi) is 3.95. The van der Waals surface area contributed by atoms with Crippen LogP contribution in [-0.4, -0.2) is 24.0 Å². The van der Waals surface area contributed by atoms with E-state index in [2.05, 4.69) is 15.0 Å². The maximum atomic E-state index is 11.4. The van der Waals surface area contributed by atoms with E-state index in [-0.39, 0.29) is 0 Å². The quantitative estimate of drug-likeness (QED) is 0.825. The Morgan fingerprint density at radius 2 is 2.00 bits per heavy atom. The summed E-state index contributed by atoms with van der Waals surface area (Å²) < 4.78 is 4.64. The van der Waals surface area contributed by atoms with E-state index in [1.807, 2.05) is 0 Å². The molecule has 1 heterocycles. The largest absolute Gasteiger partial charge is 0.465 e. The molecule has 0 bridgehead atoms. The number of nitrogens with two attached hydrogens (primary N) is 1. The molecule has 1 aromatic heterocycles. The molecular formula is C14H13N3O3. The Hall–Kier alpha value is -2.89. The summed E-state index contributed by atoms with van der Waals surface area (Å²) in [6, 6.07) is 9.80. The first-order chi connectivity index (χ1) is 9.60. The number of hydrogen-bond donors (Lipinski definition) is 2. The molecular weight excluding hydrogens is 258 g/mol. The van der Waals surface area contributed by atoms with Gasteiger partial charge in [0.1, 0.15) is 5.82 Å². The summed E-state index contributed by atoms with van der Waals surface area (Å²) in [6.07, 6.45) is 1.49. The molecule has 0 aliphatic heterocycles. The minimum absolute atomic E-state index is 0.385. The van der Waals surface area contributed by atoms with Crippen molar-refractivity contribution in [1.82, 2.24) is 4.98 Å². The standard InChI is InChI=1S/C14H13N3O3/c1-20-14(19)10-5-6-16-12(8-10)17-11-4-2-3-9(7-11)13(15)18/h2-8H,1H3,(H2,15,18)(H,16,17). The second kappa shape index (κ2) is 5.83. The molecule has 0 fully saturated rings. The summed E-state index contributed by atoms with van der Waals surface area (Å²) in [5.41, 5.74) is 6.64. The van der Waals surface area contributed by atoms with Gasteiger partial charge in [0.2, 0.25) is 5.91 Å². The van der Waals surface area contributed by atoms with Crippen molar-refractivity contribution in [3.63, 3.8) is 0 Å². The van der Waals surface area contributed by atoms with Crippen molar-refractivity contribution < 1.29 is 14.3 Å². The van der Waals surface area contributed by atoms with Crippen molar-refractivity contribution in [3.05, 3.63) is 53.7 Å². The lowest BCUT2D eigenvalue weighted by atomic mass is 10.2. The smallest absolute Gasteiger partial charge is 0.338 e. The first-order valence-corrected chi connectivity index (χ1v) is 5.81. The number of esters is 1. The van der Waals surface area contributed by atoms with Gasteiger partial charge in [-0.25, -0.2) is 9.78 Å². The van der Waals surface area contributed by atoms with Crippen molar-refractivity contribution in [1.29, 1.82) is 0 Å². The topological polar surface area (TPSA) is 94.3 Å². The lowest BCUT2D eigenvalue weighted by molar-refractivity contribution is 0.0600. The zero-order valence-corrected chi connectivity index (χ0v) is 10.8. The van der Waals surface area contributed by atoms with Gasteiger partial charge in [-0.3, -0.25) is 4.79 Å². The summed E-state index contributed by atoms with van der Waals surface area (Å²) in [4.78, 5) is 26.6. The molecule has 0 radical (unpaired) electrons. The highest BCUT2D eigenvalue weighted by molar-refractivity contribution is 5.94. The Bertz CT molecular complexity index is 656. The number of methoxy groups -OCH3 is 1. The minimum atomic E-state index is -0.509. The molecule has 1 aromatic carbocycles. The zero-order chi connectivity index (χ0) is 14.5. The number of hydrogen-bond acceptors (Lipinski definition) is 5. The number of carbonyl (C=O) groups is 2. The lowest BCUT2D eigenvalue weighted by Gasteiger charge is -2.07. The fourth-order valence-corrected chi connectivity index (χ4v) is 1.64. The van der Waals surface area contributed by atoms with Crippen LogP contribution >= 0.6 is 0 Å².